The molecule has 0 heterocycles. The van der Waals surface area contributed by atoms with E-state index < -0.39 is 0 Å². The van der Waals surface area contributed by atoms with E-state index in [1.54, 1.807) is 0 Å². The molecule has 0 saturated heterocycles. The van der Waals surface area contributed by atoms with Gasteiger partial charge in [-0.15, -0.1) is 5.98 Å². The quantitative estimate of drug-likeness (QED) is 0.501. The van der Waals surface area contributed by atoms with Crippen molar-refractivity contribution in [2.24, 2.45) is 11.8 Å². The Kier molecular flexibility index (Phi) is 7.88. The Labute approximate surface area is 104 Å². The van der Waals surface area contributed by atoms with E-state index in [9.17, 15) is 0 Å². The van der Waals surface area contributed by atoms with Gasteiger partial charge >= 0.3 is 0 Å². The molecule has 0 aliphatic rings. The van der Waals surface area contributed by atoms with Crippen molar-refractivity contribution in [2.75, 3.05) is 0 Å². The Balaban J connectivity index is 4.62. The Morgan fingerprint density at radius 3 is 1.62 bits per heavy atom. The van der Waals surface area contributed by atoms with Crippen molar-refractivity contribution in [2.45, 2.75) is 72.9 Å². The van der Waals surface area contributed by atoms with Gasteiger partial charge in [-0.1, -0.05) is 84.4 Å². The summed E-state index contributed by atoms with van der Waals surface area (Å²) < 4.78 is 0. The number of hydrogen-bond donors (Lipinski definition) is 0. The maximum absolute atomic E-state index is 2.48. The van der Waals surface area contributed by atoms with Gasteiger partial charge in [0.1, 0.15) is 0 Å². The van der Waals surface area contributed by atoms with Gasteiger partial charge in [-0.05, 0) is 6.42 Å². The molecule has 0 aliphatic carbocycles. The van der Waals surface area contributed by atoms with E-state index in [4.69, 9.17) is 0 Å². The minimum Gasteiger partial charge on any atom is -0.118 e. The summed E-state index contributed by atoms with van der Waals surface area (Å²) in [4.78, 5) is 0. The van der Waals surface area contributed by atoms with Gasteiger partial charge in [0.05, 0.1) is 0 Å². The standard InChI is InChI=1S/C15H31B/c1-8-9-10-11-16(14(6)12(2)3)15(7)13(4)5/h10-15H,8-9H2,1-7H3. The molecule has 0 spiro atoms. The van der Waals surface area contributed by atoms with E-state index in [0.717, 1.165) is 30.2 Å². The van der Waals surface area contributed by atoms with Crippen molar-refractivity contribution in [3.8, 4) is 0 Å². The maximum atomic E-state index is 2.48. The lowest BCUT2D eigenvalue weighted by Gasteiger charge is -2.29. The van der Waals surface area contributed by atoms with Crippen LogP contribution in [0.4, 0.5) is 0 Å². The highest BCUT2D eigenvalue weighted by Gasteiger charge is 2.28. The fourth-order valence-corrected chi connectivity index (χ4v) is 2.14. The molecule has 16 heavy (non-hydrogen) atoms. The second-order valence-corrected chi connectivity index (χ2v) is 6.00. The van der Waals surface area contributed by atoms with Gasteiger partial charge in [0, 0.05) is 0 Å². The molecule has 0 aliphatic heterocycles. The van der Waals surface area contributed by atoms with Crippen molar-refractivity contribution in [1.29, 1.82) is 0 Å². The molecular weight excluding hydrogens is 191 g/mol. The number of allylic oxidation sites excluding steroid dienone is 1. The summed E-state index contributed by atoms with van der Waals surface area (Å²) in [5.74, 6) is 5.60. The average molecular weight is 222 g/mol. The van der Waals surface area contributed by atoms with Gasteiger partial charge < -0.3 is 0 Å². The molecule has 0 amide bonds. The Morgan fingerprint density at radius 1 is 0.875 bits per heavy atom. The molecule has 0 N–H and O–H groups in total. The lowest BCUT2D eigenvalue weighted by molar-refractivity contribution is 0.566. The number of rotatable bonds is 7. The summed E-state index contributed by atoms with van der Waals surface area (Å²) in [7, 11) is 0. The summed E-state index contributed by atoms with van der Waals surface area (Å²) in [5, 5.41) is 0. The van der Waals surface area contributed by atoms with Gasteiger partial charge in [-0.25, -0.2) is 0 Å². The summed E-state index contributed by atoms with van der Waals surface area (Å²) >= 11 is 0. The van der Waals surface area contributed by atoms with Crippen molar-refractivity contribution < 1.29 is 0 Å². The zero-order valence-electron chi connectivity index (χ0n) is 12.5. The monoisotopic (exact) mass is 222 g/mol. The normalized spacial score (nSPS) is 16.1. The molecule has 0 bridgehead atoms. The molecule has 1 heteroatoms. The van der Waals surface area contributed by atoms with Crippen LogP contribution in [0.15, 0.2) is 12.1 Å². The van der Waals surface area contributed by atoms with Gasteiger partial charge in [-0.3, -0.25) is 0 Å². The number of hydrogen-bond acceptors (Lipinski definition) is 0. The van der Waals surface area contributed by atoms with Crippen LogP contribution in [-0.4, -0.2) is 6.71 Å². The highest BCUT2D eigenvalue weighted by molar-refractivity contribution is 6.67. The van der Waals surface area contributed by atoms with E-state index in [-0.39, 0.29) is 0 Å². The van der Waals surface area contributed by atoms with Crippen molar-refractivity contribution in [3.05, 3.63) is 12.1 Å². The van der Waals surface area contributed by atoms with Crippen LogP contribution >= 0.6 is 0 Å². The molecule has 0 aromatic carbocycles. The topological polar surface area (TPSA) is 0 Å². The fraction of sp³-hybridized carbons (Fsp3) is 0.867. The van der Waals surface area contributed by atoms with Crippen LogP contribution in [0, 0.1) is 11.8 Å². The van der Waals surface area contributed by atoms with Gasteiger partial charge in [0.15, 0.2) is 6.71 Å². The van der Waals surface area contributed by atoms with Crippen LogP contribution in [-0.2, 0) is 0 Å². The highest BCUT2D eigenvalue weighted by atomic mass is 14.1. The third-order valence-electron chi connectivity index (χ3n) is 4.13. The van der Waals surface area contributed by atoms with Crippen LogP contribution in [0.1, 0.15) is 61.3 Å². The predicted octanol–water partition coefficient (Wildman–Crippen LogP) is 5.47. The summed E-state index contributed by atoms with van der Waals surface area (Å²) in [6.45, 7) is 17.2. The van der Waals surface area contributed by atoms with Crippen LogP contribution in [0.3, 0.4) is 0 Å². The zero-order chi connectivity index (χ0) is 12.7. The zero-order valence-corrected chi connectivity index (χ0v) is 12.5. The minimum atomic E-state index is 0.742. The van der Waals surface area contributed by atoms with E-state index >= 15 is 0 Å². The first kappa shape index (κ1) is 15.8. The Hall–Kier alpha value is -0.195. The Morgan fingerprint density at radius 2 is 1.31 bits per heavy atom. The van der Waals surface area contributed by atoms with Crippen molar-refractivity contribution >= 4 is 6.71 Å². The molecule has 2 atom stereocenters. The highest BCUT2D eigenvalue weighted by Crippen LogP contribution is 2.33. The van der Waals surface area contributed by atoms with Gasteiger partial charge in [-0.2, -0.15) is 0 Å². The Bertz CT molecular complexity index is 180. The van der Waals surface area contributed by atoms with E-state index in [1.807, 2.05) is 0 Å². The fourth-order valence-electron chi connectivity index (χ4n) is 2.14. The average Bonchev–Trinajstić information content (AvgIpc) is 2.22. The third kappa shape index (κ3) is 5.23. The molecule has 2 unspecified atom stereocenters. The summed E-state index contributed by atoms with van der Waals surface area (Å²) in [6, 6.07) is 0. The molecule has 0 radical (unpaired) electrons. The maximum Gasteiger partial charge on any atom is 0.172 e. The van der Waals surface area contributed by atoms with Gasteiger partial charge in [0.25, 0.3) is 0 Å². The lowest BCUT2D eigenvalue weighted by atomic mass is 9.31. The van der Waals surface area contributed by atoms with E-state index in [0.29, 0.717) is 0 Å². The first-order chi connectivity index (χ1) is 7.41. The van der Waals surface area contributed by atoms with Crippen molar-refractivity contribution in [3.63, 3.8) is 0 Å². The first-order valence-corrected chi connectivity index (χ1v) is 7.08. The lowest BCUT2D eigenvalue weighted by Crippen LogP contribution is -2.28. The molecule has 94 valence electrons. The smallest absolute Gasteiger partial charge is 0.118 e. The summed E-state index contributed by atoms with van der Waals surface area (Å²) in [5.41, 5.74) is 0. The second kappa shape index (κ2) is 7.98. The molecule has 0 rings (SSSR count). The summed E-state index contributed by atoms with van der Waals surface area (Å²) in [6.07, 6.45) is 4.88. The molecule has 0 aromatic heterocycles. The van der Waals surface area contributed by atoms with Crippen LogP contribution in [0.5, 0.6) is 0 Å². The first-order valence-electron chi connectivity index (χ1n) is 7.08. The largest absolute Gasteiger partial charge is 0.172 e. The number of unbranched alkanes of at least 4 members (excludes halogenated alkanes) is 1. The molecule has 0 saturated carbocycles. The van der Waals surface area contributed by atoms with Crippen molar-refractivity contribution in [1.82, 2.24) is 0 Å². The molecular formula is C15H31B. The second-order valence-electron chi connectivity index (χ2n) is 6.00. The van der Waals surface area contributed by atoms with E-state index in [2.05, 4.69) is 60.5 Å². The SMILES string of the molecule is CCCC=CB(C(C)C(C)C)C(C)C(C)C. The van der Waals surface area contributed by atoms with Gasteiger partial charge in [0.2, 0.25) is 0 Å². The van der Waals surface area contributed by atoms with Crippen LogP contribution in [0.2, 0.25) is 11.6 Å². The molecule has 0 fully saturated rings. The minimum absolute atomic E-state index is 0.742. The third-order valence-corrected chi connectivity index (χ3v) is 4.13. The van der Waals surface area contributed by atoms with Crippen LogP contribution < -0.4 is 0 Å². The predicted molar refractivity (Wildman–Crippen MR) is 78.3 cm³/mol. The van der Waals surface area contributed by atoms with Crippen LogP contribution in [0.25, 0.3) is 0 Å². The van der Waals surface area contributed by atoms with E-state index in [1.165, 1.54) is 12.8 Å². The molecule has 0 nitrogen and oxygen atoms in total. The molecule has 0 aromatic rings.